The van der Waals surface area contributed by atoms with E-state index in [0.29, 0.717) is 29.0 Å². The van der Waals surface area contributed by atoms with E-state index in [1.165, 1.54) is 25.7 Å². The minimum atomic E-state index is 0.523. The van der Waals surface area contributed by atoms with Crippen molar-refractivity contribution in [3.8, 4) is 0 Å². The summed E-state index contributed by atoms with van der Waals surface area (Å²) in [4.78, 5) is 3.35. The van der Waals surface area contributed by atoms with Gasteiger partial charge in [0.2, 0.25) is 0 Å². The number of rotatable bonds is 0. The molecule has 0 nitrogen and oxygen atoms in total. The molecule has 0 aromatic heterocycles. The van der Waals surface area contributed by atoms with Crippen molar-refractivity contribution in [3.05, 3.63) is 0 Å². The van der Waals surface area contributed by atoms with Crippen molar-refractivity contribution in [2.24, 2.45) is 0 Å². The molecular formula is C12H18Br6. The van der Waals surface area contributed by atoms with Gasteiger partial charge in [0.05, 0.1) is 0 Å². The predicted molar refractivity (Wildman–Crippen MR) is 104 cm³/mol. The molecule has 1 fully saturated rings. The van der Waals surface area contributed by atoms with Crippen LogP contribution in [-0.2, 0) is 0 Å². The maximum atomic E-state index is 3.82. The van der Waals surface area contributed by atoms with Crippen molar-refractivity contribution in [2.45, 2.75) is 67.5 Å². The summed E-state index contributed by atoms with van der Waals surface area (Å²) < 4.78 is 0. The smallest absolute Gasteiger partial charge is 0.0282 e. The molecule has 1 aliphatic rings. The zero-order valence-electron chi connectivity index (χ0n) is 9.97. The first-order chi connectivity index (χ1) is 8.40. The van der Waals surface area contributed by atoms with Gasteiger partial charge in [0.1, 0.15) is 0 Å². The highest BCUT2D eigenvalue weighted by atomic mass is 79.9. The Morgan fingerprint density at radius 3 is 1.50 bits per heavy atom. The van der Waals surface area contributed by atoms with Crippen LogP contribution in [0.25, 0.3) is 0 Å². The van der Waals surface area contributed by atoms with Gasteiger partial charge in [-0.25, -0.2) is 0 Å². The Morgan fingerprint density at radius 1 is 0.500 bits per heavy atom. The summed E-state index contributed by atoms with van der Waals surface area (Å²) in [5.41, 5.74) is 0. The van der Waals surface area contributed by atoms with E-state index in [-0.39, 0.29) is 0 Å². The standard InChI is InChI=1S/C12H18Br6/c13-7-2-1-3-9(15)10(16)5-8(14)6-12(18)11(17)4-7/h7-12H,1-6H2. The van der Waals surface area contributed by atoms with E-state index in [0.717, 1.165) is 12.8 Å². The van der Waals surface area contributed by atoms with Crippen LogP contribution in [0, 0.1) is 0 Å². The van der Waals surface area contributed by atoms with Crippen LogP contribution in [0.1, 0.15) is 38.5 Å². The van der Waals surface area contributed by atoms with Crippen LogP contribution < -0.4 is 0 Å². The summed E-state index contributed by atoms with van der Waals surface area (Å²) in [5.74, 6) is 0. The maximum absolute atomic E-state index is 3.82. The average Bonchev–Trinajstić information content (AvgIpc) is 2.27. The number of hydrogen-bond acceptors (Lipinski definition) is 0. The summed E-state index contributed by atoms with van der Waals surface area (Å²) >= 11 is 22.9. The number of alkyl halides is 6. The molecule has 6 unspecified atom stereocenters. The zero-order chi connectivity index (χ0) is 13.7. The Kier molecular flexibility index (Phi) is 10.3. The first-order valence-corrected chi connectivity index (χ1v) is 11.7. The summed E-state index contributed by atoms with van der Waals surface area (Å²) in [7, 11) is 0. The Bertz CT molecular complexity index is 237. The second kappa shape index (κ2) is 9.81. The van der Waals surface area contributed by atoms with E-state index in [2.05, 4.69) is 95.6 Å². The fourth-order valence-electron chi connectivity index (χ4n) is 2.11. The molecule has 1 aliphatic carbocycles. The summed E-state index contributed by atoms with van der Waals surface area (Å²) in [6, 6.07) is 0. The van der Waals surface area contributed by atoms with E-state index in [4.69, 9.17) is 0 Å². The minimum absolute atomic E-state index is 0.523. The summed E-state index contributed by atoms with van der Waals surface area (Å²) in [6.07, 6.45) is 7.25. The van der Waals surface area contributed by atoms with Crippen LogP contribution in [0.2, 0.25) is 0 Å². The molecule has 6 heteroatoms. The lowest BCUT2D eigenvalue weighted by molar-refractivity contribution is 0.556. The molecular weight excluding hydrogens is 624 g/mol. The van der Waals surface area contributed by atoms with Crippen LogP contribution in [0.3, 0.4) is 0 Å². The molecule has 0 spiro atoms. The van der Waals surface area contributed by atoms with E-state index in [9.17, 15) is 0 Å². The van der Waals surface area contributed by atoms with Gasteiger partial charge in [-0.05, 0) is 32.1 Å². The van der Waals surface area contributed by atoms with Gasteiger partial charge in [-0.2, -0.15) is 0 Å². The largest absolute Gasteiger partial charge is 0.0890 e. The zero-order valence-corrected chi connectivity index (χ0v) is 19.5. The van der Waals surface area contributed by atoms with Gasteiger partial charge >= 0.3 is 0 Å². The second-order valence-corrected chi connectivity index (χ2v) is 12.2. The van der Waals surface area contributed by atoms with E-state index in [1.54, 1.807) is 0 Å². The average molecular weight is 642 g/mol. The number of halogens is 6. The molecule has 108 valence electrons. The van der Waals surface area contributed by atoms with Gasteiger partial charge in [-0.1, -0.05) is 102 Å². The Labute approximate surface area is 161 Å². The van der Waals surface area contributed by atoms with Crippen molar-refractivity contribution < 1.29 is 0 Å². The van der Waals surface area contributed by atoms with Crippen LogP contribution in [0.15, 0.2) is 0 Å². The summed E-state index contributed by atoms with van der Waals surface area (Å²) in [6.45, 7) is 0. The fourth-order valence-corrected chi connectivity index (χ4v) is 7.73. The minimum Gasteiger partial charge on any atom is -0.0890 e. The lowest BCUT2D eigenvalue weighted by Crippen LogP contribution is -2.26. The van der Waals surface area contributed by atoms with Crippen molar-refractivity contribution in [1.29, 1.82) is 0 Å². The third-order valence-corrected chi connectivity index (χ3v) is 10.4. The lowest BCUT2D eigenvalue weighted by Gasteiger charge is -2.26. The molecule has 0 aromatic rings. The van der Waals surface area contributed by atoms with E-state index >= 15 is 0 Å². The molecule has 0 saturated heterocycles. The Hall–Kier alpha value is 2.88. The second-order valence-electron chi connectivity index (χ2n) is 4.90. The van der Waals surface area contributed by atoms with E-state index in [1.807, 2.05) is 0 Å². The van der Waals surface area contributed by atoms with Crippen molar-refractivity contribution >= 4 is 95.6 Å². The first kappa shape index (κ1) is 18.9. The molecule has 18 heavy (non-hydrogen) atoms. The molecule has 0 amide bonds. The van der Waals surface area contributed by atoms with Crippen LogP contribution in [-0.4, -0.2) is 29.0 Å². The van der Waals surface area contributed by atoms with Gasteiger partial charge in [-0.3, -0.25) is 0 Å². The fraction of sp³-hybridized carbons (Fsp3) is 1.00. The first-order valence-electron chi connectivity index (χ1n) is 6.24. The highest BCUT2D eigenvalue weighted by molar-refractivity contribution is 9.13. The molecule has 6 atom stereocenters. The van der Waals surface area contributed by atoms with Crippen molar-refractivity contribution in [3.63, 3.8) is 0 Å². The van der Waals surface area contributed by atoms with Gasteiger partial charge in [0.25, 0.3) is 0 Å². The van der Waals surface area contributed by atoms with Gasteiger partial charge in [-0.15, -0.1) is 0 Å². The maximum Gasteiger partial charge on any atom is 0.0282 e. The van der Waals surface area contributed by atoms with Gasteiger partial charge < -0.3 is 0 Å². The topological polar surface area (TPSA) is 0 Å². The highest BCUT2D eigenvalue weighted by Gasteiger charge is 2.26. The van der Waals surface area contributed by atoms with Crippen LogP contribution in [0.4, 0.5) is 0 Å². The normalized spacial score (nSPS) is 45.0. The Balaban J connectivity index is 2.61. The summed E-state index contributed by atoms with van der Waals surface area (Å²) in [5, 5.41) is 0. The molecule has 0 radical (unpaired) electrons. The molecule has 1 saturated carbocycles. The monoisotopic (exact) mass is 636 g/mol. The van der Waals surface area contributed by atoms with Crippen molar-refractivity contribution in [2.75, 3.05) is 0 Å². The van der Waals surface area contributed by atoms with Gasteiger partial charge in [0, 0.05) is 29.0 Å². The third-order valence-electron chi connectivity index (χ3n) is 3.22. The molecule has 1 rings (SSSR count). The Morgan fingerprint density at radius 2 is 0.944 bits per heavy atom. The van der Waals surface area contributed by atoms with E-state index < -0.39 is 0 Å². The quantitative estimate of drug-likeness (QED) is 0.252. The van der Waals surface area contributed by atoms with Crippen LogP contribution >= 0.6 is 95.6 Å². The predicted octanol–water partition coefficient (Wildman–Crippen LogP) is 6.92. The van der Waals surface area contributed by atoms with Crippen molar-refractivity contribution in [1.82, 2.24) is 0 Å². The molecule has 0 aliphatic heterocycles. The SMILES string of the molecule is BrC1CCCC(Br)C(Br)CC(Br)CC(Br)C(Br)C1. The lowest BCUT2D eigenvalue weighted by atomic mass is 10.0. The number of hydrogen-bond donors (Lipinski definition) is 0. The molecule has 0 bridgehead atoms. The molecule has 0 N–H and O–H groups in total. The highest BCUT2D eigenvalue weighted by Crippen LogP contribution is 2.34. The molecule has 0 aromatic carbocycles. The molecule has 0 heterocycles. The van der Waals surface area contributed by atoms with Crippen LogP contribution in [0.5, 0.6) is 0 Å². The third kappa shape index (κ3) is 7.24. The van der Waals surface area contributed by atoms with Gasteiger partial charge in [0.15, 0.2) is 0 Å².